The van der Waals surface area contributed by atoms with Gasteiger partial charge in [0.15, 0.2) is 11.0 Å². The standard InChI is InChI=1S/C20H24N4OS2/c1-4-10-26-19-21-17(24-23-13-8-6-5-7-9-13)16-14-11-20(2,3)25-12-15(14)27-18(16)22-19/h5-9,23H,4,10-12H2,1-3H3,(H,21,22,24). The maximum atomic E-state index is 6.01. The van der Waals surface area contributed by atoms with Crippen LogP contribution in [0.1, 0.15) is 37.6 Å². The van der Waals surface area contributed by atoms with Crippen molar-refractivity contribution in [2.75, 3.05) is 16.6 Å². The highest BCUT2D eigenvalue weighted by molar-refractivity contribution is 7.99. The van der Waals surface area contributed by atoms with Gasteiger partial charge in [-0.05, 0) is 38.0 Å². The molecule has 0 saturated carbocycles. The van der Waals surface area contributed by atoms with Crippen LogP contribution < -0.4 is 10.9 Å². The predicted molar refractivity (Wildman–Crippen MR) is 115 cm³/mol. The SMILES string of the molecule is CCCSc1nc(NNc2ccccc2)c2c3c(sc2n1)COC(C)(C)C3. The number of rotatable bonds is 6. The minimum Gasteiger partial charge on any atom is -0.370 e. The Kier molecular flexibility index (Phi) is 5.25. The number of thioether (sulfide) groups is 1. The van der Waals surface area contributed by atoms with E-state index in [0.717, 1.165) is 45.5 Å². The average Bonchev–Trinajstić information content (AvgIpc) is 3.02. The highest BCUT2D eigenvalue weighted by Crippen LogP contribution is 2.41. The van der Waals surface area contributed by atoms with Crippen LogP contribution in [0.5, 0.6) is 0 Å². The third-order valence-electron chi connectivity index (χ3n) is 4.44. The van der Waals surface area contributed by atoms with Crippen LogP contribution in [0.25, 0.3) is 10.2 Å². The van der Waals surface area contributed by atoms with Crippen LogP contribution >= 0.6 is 23.1 Å². The lowest BCUT2D eigenvalue weighted by atomic mass is 9.94. The number of hydrazine groups is 1. The summed E-state index contributed by atoms with van der Waals surface area (Å²) >= 11 is 3.43. The van der Waals surface area contributed by atoms with Gasteiger partial charge in [0.1, 0.15) is 4.83 Å². The Bertz CT molecular complexity index is 940. The molecule has 0 amide bonds. The van der Waals surface area contributed by atoms with Crippen LogP contribution in [0.2, 0.25) is 0 Å². The molecule has 2 aromatic heterocycles. The molecule has 1 aromatic carbocycles. The zero-order chi connectivity index (χ0) is 18.9. The van der Waals surface area contributed by atoms with E-state index in [0.29, 0.717) is 6.61 Å². The topological polar surface area (TPSA) is 59.1 Å². The minimum atomic E-state index is -0.166. The number of nitrogens with one attached hydrogen (secondary N) is 2. The van der Waals surface area contributed by atoms with Crippen LogP contribution in [0.3, 0.4) is 0 Å². The summed E-state index contributed by atoms with van der Waals surface area (Å²) in [5.41, 5.74) is 8.76. The summed E-state index contributed by atoms with van der Waals surface area (Å²) in [7, 11) is 0. The van der Waals surface area contributed by atoms with Crippen molar-refractivity contribution < 1.29 is 4.74 Å². The Labute approximate surface area is 167 Å². The third kappa shape index (κ3) is 4.05. The van der Waals surface area contributed by atoms with Crippen molar-refractivity contribution >= 4 is 44.8 Å². The highest BCUT2D eigenvalue weighted by Gasteiger charge is 2.31. The highest BCUT2D eigenvalue weighted by atomic mass is 32.2. The molecule has 27 heavy (non-hydrogen) atoms. The molecular weight excluding hydrogens is 376 g/mol. The molecule has 0 spiro atoms. The fourth-order valence-corrected chi connectivity index (χ4v) is 4.99. The van der Waals surface area contributed by atoms with Crippen LogP contribution in [0.15, 0.2) is 35.5 Å². The van der Waals surface area contributed by atoms with E-state index in [4.69, 9.17) is 14.7 Å². The van der Waals surface area contributed by atoms with Gasteiger partial charge in [-0.3, -0.25) is 10.9 Å². The van der Waals surface area contributed by atoms with E-state index in [-0.39, 0.29) is 5.60 Å². The molecule has 0 bridgehead atoms. The number of para-hydroxylation sites is 1. The lowest BCUT2D eigenvalue weighted by Gasteiger charge is -2.30. The first kappa shape index (κ1) is 18.5. The first-order valence-corrected chi connectivity index (χ1v) is 11.0. The van der Waals surface area contributed by atoms with Gasteiger partial charge in [-0.25, -0.2) is 9.97 Å². The third-order valence-corrected chi connectivity index (χ3v) is 6.60. The molecule has 1 aliphatic heterocycles. The predicted octanol–water partition coefficient (Wildman–Crippen LogP) is 5.48. The first-order valence-electron chi connectivity index (χ1n) is 9.22. The summed E-state index contributed by atoms with van der Waals surface area (Å²) in [6, 6.07) is 10.1. The van der Waals surface area contributed by atoms with Crippen LogP contribution in [-0.2, 0) is 17.8 Å². The number of aromatic nitrogens is 2. The summed E-state index contributed by atoms with van der Waals surface area (Å²) in [5.74, 6) is 1.86. The van der Waals surface area contributed by atoms with Gasteiger partial charge in [0.2, 0.25) is 0 Å². The van der Waals surface area contributed by atoms with Gasteiger partial charge in [-0.15, -0.1) is 11.3 Å². The number of benzene rings is 1. The quantitative estimate of drug-likeness (QED) is 0.324. The fraction of sp³-hybridized carbons (Fsp3) is 0.400. The molecule has 7 heteroatoms. The van der Waals surface area contributed by atoms with Gasteiger partial charge in [0.25, 0.3) is 0 Å². The van der Waals surface area contributed by atoms with E-state index in [1.165, 1.54) is 10.4 Å². The smallest absolute Gasteiger partial charge is 0.190 e. The second-order valence-electron chi connectivity index (χ2n) is 7.23. The van der Waals surface area contributed by atoms with E-state index >= 15 is 0 Å². The van der Waals surface area contributed by atoms with E-state index in [9.17, 15) is 0 Å². The Morgan fingerprint density at radius 3 is 2.78 bits per heavy atom. The van der Waals surface area contributed by atoms with Crippen molar-refractivity contribution in [2.24, 2.45) is 0 Å². The lowest BCUT2D eigenvalue weighted by molar-refractivity contribution is -0.0379. The van der Waals surface area contributed by atoms with Crippen molar-refractivity contribution in [1.29, 1.82) is 0 Å². The van der Waals surface area contributed by atoms with Crippen LogP contribution in [0.4, 0.5) is 11.5 Å². The second kappa shape index (κ2) is 7.66. The fourth-order valence-electron chi connectivity index (χ4n) is 3.13. The van der Waals surface area contributed by atoms with E-state index in [2.05, 4.69) is 31.6 Å². The number of fused-ring (bicyclic) bond motifs is 3. The second-order valence-corrected chi connectivity index (χ2v) is 9.37. The van der Waals surface area contributed by atoms with Gasteiger partial charge < -0.3 is 4.74 Å². The molecule has 0 aliphatic carbocycles. The molecule has 5 nitrogen and oxygen atoms in total. The number of hydrogen-bond acceptors (Lipinski definition) is 7. The zero-order valence-corrected chi connectivity index (χ0v) is 17.5. The summed E-state index contributed by atoms with van der Waals surface area (Å²) in [6.45, 7) is 7.10. The number of ether oxygens (including phenoxy) is 1. The van der Waals surface area contributed by atoms with Crippen molar-refractivity contribution in [3.05, 3.63) is 40.8 Å². The molecule has 0 atom stereocenters. The Balaban J connectivity index is 1.74. The molecule has 1 aliphatic rings. The molecule has 142 valence electrons. The van der Waals surface area contributed by atoms with Gasteiger partial charge in [0, 0.05) is 17.1 Å². The largest absolute Gasteiger partial charge is 0.370 e. The van der Waals surface area contributed by atoms with Crippen molar-refractivity contribution in [2.45, 2.75) is 51.0 Å². The molecule has 0 unspecified atom stereocenters. The first-order chi connectivity index (χ1) is 13.1. The van der Waals surface area contributed by atoms with Crippen molar-refractivity contribution in [3.63, 3.8) is 0 Å². The Morgan fingerprint density at radius 1 is 1.19 bits per heavy atom. The van der Waals surface area contributed by atoms with Gasteiger partial charge in [-0.1, -0.05) is 36.9 Å². The summed E-state index contributed by atoms with van der Waals surface area (Å²) in [5, 5.41) is 1.94. The maximum absolute atomic E-state index is 6.01. The van der Waals surface area contributed by atoms with Crippen LogP contribution in [0, 0.1) is 0 Å². The molecule has 3 heterocycles. The Hall–Kier alpha value is -1.83. The molecule has 0 fully saturated rings. The maximum Gasteiger partial charge on any atom is 0.190 e. The zero-order valence-electron chi connectivity index (χ0n) is 15.8. The molecule has 0 radical (unpaired) electrons. The van der Waals surface area contributed by atoms with E-state index in [1.54, 1.807) is 23.1 Å². The number of anilines is 2. The monoisotopic (exact) mass is 400 g/mol. The normalized spacial score (nSPS) is 15.5. The average molecular weight is 401 g/mol. The van der Waals surface area contributed by atoms with Gasteiger partial charge in [0.05, 0.1) is 23.3 Å². The van der Waals surface area contributed by atoms with Crippen molar-refractivity contribution in [1.82, 2.24) is 9.97 Å². The summed E-state index contributed by atoms with van der Waals surface area (Å²) < 4.78 is 6.01. The summed E-state index contributed by atoms with van der Waals surface area (Å²) in [6.07, 6.45) is 1.97. The minimum absolute atomic E-state index is 0.166. The van der Waals surface area contributed by atoms with E-state index in [1.807, 2.05) is 30.3 Å². The summed E-state index contributed by atoms with van der Waals surface area (Å²) in [4.78, 5) is 12.0. The number of nitrogens with zero attached hydrogens (tertiary/aromatic N) is 2. The van der Waals surface area contributed by atoms with Gasteiger partial charge >= 0.3 is 0 Å². The van der Waals surface area contributed by atoms with Gasteiger partial charge in [-0.2, -0.15) is 0 Å². The number of thiophene rings is 1. The molecule has 4 rings (SSSR count). The molecule has 3 aromatic rings. The van der Waals surface area contributed by atoms with E-state index < -0.39 is 0 Å². The van der Waals surface area contributed by atoms with Crippen molar-refractivity contribution in [3.8, 4) is 0 Å². The Morgan fingerprint density at radius 2 is 2.00 bits per heavy atom. The molecular formula is C20H24N4OS2. The molecule has 0 saturated heterocycles. The van der Waals surface area contributed by atoms with Crippen LogP contribution in [-0.4, -0.2) is 21.3 Å². The number of hydrogen-bond donors (Lipinski definition) is 2. The lowest BCUT2D eigenvalue weighted by Crippen LogP contribution is -2.31. The molecule has 2 N–H and O–H groups in total.